The highest BCUT2D eigenvalue weighted by Crippen LogP contribution is 2.43. The van der Waals surface area contributed by atoms with Gasteiger partial charge in [0.1, 0.15) is 0 Å². The van der Waals surface area contributed by atoms with Crippen molar-refractivity contribution in [2.75, 3.05) is 19.6 Å². The first-order chi connectivity index (χ1) is 11.1. The molecule has 3 nitrogen and oxygen atoms in total. The Bertz CT molecular complexity index is 585. The Balaban J connectivity index is 1.36. The molecule has 0 radical (unpaired) electrons. The molecule has 0 atom stereocenters. The minimum absolute atomic E-state index is 0.416. The summed E-state index contributed by atoms with van der Waals surface area (Å²) in [5.41, 5.74) is 3.20. The third kappa shape index (κ3) is 3.30. The lowest BCUT2D eigenvalue weighted by Crippen LogP contribution is -2.52. The maximum atomic E-state index is 12.2. The van der Waals surface area contributed by atoms with Crippen molar-refractivity contribution in [2.45, 2.75) is 58.0 Å². The maximum Gasteiger partial charge on any atom is 0.222 e. The van der Waals surface area contributed by atoms with Crippen molar-refractivity contribution in [3.05, 3.63) is 35.4 Å². The molecule has 1 spiro atoms. The number of nitrogens with zero attached hydrogens (tertiary/aromatic N) is 2. The molecule has 4 rings (SSSR count). The first-order valence-corrected chi connectivity index (χ1v) is 9.21. The summed E-state index contributed by atoms with van der Waals surface area (Å²) in [5.74, 6) is 0.417. The number of rotatable bonds is 3. The standard InChI is InChI=1S/C20H28N2O/c1-16-3-2-4-17(13-16)14-21-11-9-20(10-12-21)8-7-19(23)22(15-20)18-5-6-18/h2-4,13,18H,5-12,14-15H2,1H3. The molecule has 0 aromatic heterocycles. The van der Waals surface area contributed by atoms with E-state index in [1.807, 2.05) is 0 Å². The Kier molecular flexibility index (Phi) is 3.92. The molecule has 2 aliphatic heterocycles. The molecule has 3 heteroatoms. The third-order valence-electron chi connectivity index (χ3n) is 6.09. The van der Waals surface area contributed by atoms with Crippen molar-refractivity contribution >= 4 is 5.91 Å². The molecule has 1 saturated carbocycles. The zero-order valence-electron chi connectivity index (χ0n) is 14.3. The van der Waals surface area contributed by atoms with Crippen molar-refractivity contribution < 1.29 is 4.79 Å². The number of likely N-dealkylation sites (tertiary alicyclic amines) is 2. The Morgan fingerprint density at radius 3 is 2.65 bits per heavy atom. The Morgan fingerprint density at radius 2 is 1.96 bits per heavy atom. The third-order valence-corrected chi connectivity index (χ3v) is 6.09. The normalized spacial score (nSPS) is 25.1. The van der Waals surface area contributed by atoms with E-state index in [-0.39, 0.29) is 0 Å². The summed E-state index contributed by atoms with van der Waals surface area (Å²) in [4.78, 5) is 17.0. The number of benzene rings is 1. The first-order valence-electron chi connectivity index (χ1n) is 9.21. The minimum atomic E-state index is 0.416. The van der Waals surface area contributed by atoms with E-state index in [9.17, 15) is 4.79 Å². The van der Waals surface area contributed by atoms with Crippen LogP contribution in [0.25, 0.3) is 0 Å². The monoisotopic (exact) mass is 312 g/mol. The fourth-order valence-corrected chi connectivity index (χ4v) is 4.43. The van der Waals surface area contributed by atoms with Gasteiger partial charge in [-0.05, 0) is 63.1 Å². The van der Waals surface area contributed by atoms with Crippen LogP contribution in [0, 0.1) is 12.3 Å². The summed E-state index contributed by atoms with van der Waals surface area (Å²) in [7, 11) is 0. The van der Waals surface area contributed by atoms with Gasteiger partial charge in [0.2, 0.25) is 5.91 Å². The van der Waals surface area contributed by atoms with Crippen molar-refractivity contribution in [2.24, 2.45) is 5.41 Å². The van der Waals surface area contributed by atoms with Crippen LogP contribution >= 0.6 is 0 Å². The van der Waals surface area contributed by atoms with Gasteiger partial charge in [0.05, 0.1) is 0 Å². The number of hydrogen-bond acceptors (Lipinski definition) is 2. The van der Waals surface area contributed by atoms with Gasteiger partial charge >= 0.3 is 0 Å². The van der Waals surface area contributed by atoms with Crippen LogP contribution in [0.1, 0.15) is 49.7 Å². The lowest BCUT2D eigenvalue weighted by Gasteiger charge is -2.47. The molecule has 1 aromatic rings. The van der Waals surface area contributed by atoms with Gasteiger partial charge in [-0.1, -0.05) is 29.8 Å². The van der Waals surface area contributed by atoms with Gasteiger partial charge in [0.15, 0.2) is 0 Å². The minimum Gasteiger partial charge on any atom is -0.339 e. The predicted octanol–water partition coefficient (Wildman–Crippen LogP) is 3.36. The molecule has 0 bridgehead atoms. The van der Waals surface area contributed by atoms with E-state index in [2.05, 4.69) is 41.0 Å². The number of piperidine rings is 2. The SMILES string of the molecule is Cc1cccc(CN2CCC3(CCC(=O)N(C4CC4)C3)CC2)c1. The predicted molar refractivity (Wildman–Crippen MR) is 92.1 cm³/mol. The first kappa shape index (κ1) is 15.2. The number of carbonyl (C=O) groups excluding carboxylic acids is 1. The van der Waals surface area contributed by atoms with Gasteiger partial charge in [-0.3, -0.25) is 9.69 Å². The van der Waals surface area contributed by atoms with Gasteiger partial charge in [-0.15, -0.1) is 0 Å². The molecule has 3 fully saturated rings. The summed E-state index contributed by atoms with van der Waals surface area (Å²) in [6.07, 6.45) is 6.90. The highest BCUT2D eigenvalue weighted by molar-refractivity contribution is 5.77. The molecule has 0 unspecified atom stereocenters. The summed E-state index contributed by atoms with van der Waals surface area (Å²) < 4.78 is 0. The second-order valence-corrected chi connectivity index (χ2v) is 8.02. The largest absolute Gasteiger partial charge is 0.339 e. The van der Waals surface area contributed by atoms with Crippen molar-refractivity contribution in [1.29, 1.82) is 0 Å². The van der Waals surface area contributed by atoms with Crippen molar-refractivity contribution in [3.8, 4) is 0 Å². The number of carbonyl (C=O) groups is 1. The molecular weight excluding hydrogens is 284 g/mol. The summed E-state index contributed by atoms with van der Waals surface area (Å²) in [6, 6.07) is 9.46. The van der Waals surface area contributed by atoms with Gasteiger partial charge in [-0.2, -0.15) is 0 Å². The second-order valence-electron chi connectivity index (χ2n) is 8.02. The van der Waals surface area contributed by atoms with Gasteiger partial charge in [0, 0.05) is 25.6 Å². The van der Waals surface area contributed by atoms with E-state index < -0.39 is 0 Å². The van der Waals surface area contributed by atoms with Crippen LogP contribution in [-0.4, -0.2) is 41.4 Å². The quantitative estimate of drug-likeness (QED) is 0.854. The van der Waals surface area contributed by atoms with Crippen LogP contribution in [0.5, 0.6) is 0 Å². The summed E-state index contributed by atoms with van der Waals surface area (Å²) >= 11 is 0. The van der Waals surface area contributed by atoms with E-state index in [0.717, 1.165) is 25.9 Å². The highest BCUT2D eigenvalue weighted by Gasteiger charge is 2.44. The van der Waals surface area contributed by atoms with Crippen LogP contribution in [0.3, 0.4) is 0 Å². The zero-order chi connectivity index (χ0) is 15.9. The molecule has 1 aliphatic carbocycles. The Hall–Kier alpha value is -1.35. The fraction of sp³-hybridized carbons (Fsp3) is 0.650. The van der Waals surface area contributed by atoms with Gasteiger partial charge in [0.25, 0.3) is 0 Å². The average molecular weight is 312 g/mol. The molecule has 1 amide bonds. The van der Waals surface area contributed by atoms with Gasteiger partial charge in [-0.25, -0.2) is 0 Å². The number of aryl methyl sites for hydroxylation is 1. The van der Waals surface area contributed by atoms with Crippen molar-refractivity contribution in [1.82, 2.24) is 9.80 Å². The van der Waals surface area contributed by atoms with Crippen LogP contribution in [0.2, 0.25) is 0 Å². The van der Waals surface area contributed by atoms with Crippen LogP contribution in [0.15, 0.2) is 24.3 Å². The van der Waals surface area contributed by atoms with E-state index in [1.54, 1.807) is 0 Å². The zero-order valence-corrected chi connectivity index (χ0v) is 14.3. The molecule has 124 valence electrons. The van der Waals surface area contributed by atoms with Crippen LogP contribution in [-0.2, 0) is 11.3 Å². The fourth-order valence-electron chi connectivity index (χ4n) is 4.43. The van der Waals surface area contributed by atoms with Gasteiger partial charge < -0.3 is 4.90 Å². The number of amides is 1. The van der Waals surface area contributed by atoms with Crippen LogP contribution < -0.4 is 0 Å². The molecule has 2 saturated heterocycles. The molecule has 3 aliphatic rings. The molecular formula is C20H28N2O. The topological polar surface area (TPSA) is 23.6 Å². The maximum absolute atomic E-state index is 12.2. The Labute approximate surface area is 139 Å². The lowest BCUT2D eigenvalue weighted by molar-refractivity contribution is -0.139. The molecule has 23 heavy (non-hydrogen) atoms. The van der Waals surface area contributed by atoms with Crippen molar-refractivity contribution in [3.63, 3.8) is 0 Å². The molecule has 0 N–H and O–H groups in total. The summed E-state index contributed by atoms with van der Waals surface area (Å²) in [5, 5.41) is 0. The van der Waals surface area contributed by atoms with Crippen LogP contribution in [0.4, 0.5) is 0 Å². The molecule has 1 aromatic carbocycles. The van der Waals surface area contributed by atoms with E-state index >= 15 is 0 Å². The average Bonchev–Trinajstić information content (AvgIpc) is 3.37. The highest BCUT2D eigenvalue weighted by atomic mass is 16.2. The van der Waals surface area contributed by atoms with E-state index in [0.29, 0.717) is 17.4 Å². The van der Waals surface area contributed by atoms with E-state index in [4.69, 9.17) is 0 Å². The number of hydrogen-bond donors (Lipinski definition) is 0. The Morgan fingerprint density at radius 1 is 1.17 bits per heavy atom. The summed E-state index contributed by atoms with van der Waals surface area (Å²) in [6.45, 7) is 6.64. The van der Waals surface area contributed by atoms with E-state index in [1.165, 1.54) is 49.9 Å². The smallest absolute Gasteiger partial charge is 0.222 e. The molecule has 2 heterocycles. The second kappa shape index (κ2) is 5.94. The lowest BCUT2D eigenvalue weighted by atomic mass is 9.72.